The molecule has 2 unspecified atom stereocenters. The normalized spacial score (nSPS) is 32.4. The highest BCUT2D eigenvalue weighted by atomic mass is 16.1. The van der Waals surface area contributed by atoms with Crippen LogP contribution >= 0.6 is 0 Å². The predicted octanol–water partition coefficient (Wildman–Crippen LogP) is 4.49. The Balaban J connectivity index is 2.87. The SMILES string of the molecule is CC(=O)C1(C)c2ccccc2C(C)(C(C)C)C1(C)C. The number of carbonyl (C=O) groups is 1. The molecule has 0 spiro atoms. The number of benzene rings is 1. The molecular weight excluding hydrogens is 232 g/mol. The van der Waals surface area contributed by atoms with E-state index in [9.17, 15) is 4.79 Å². The summed E-state index contributed by atoms with van der Waals surface area (Å²) in [5.74, 6) is 0.763. The zero-order chi connectivity index (χ0) is 14.6. The zero-order valence-corrected chi connectivity index (χ0v) is 13.3. The standard InChI is InChI=1S/C18H26O/c1-12(2)17(6)14-10-8-9-11-15(14)18(7,13(3)19)16(17,4)5/h8-12H,1-7H3. The lowest BCUT2D eigenvalue weighted by Crippen LogP contribution is -2.51. The molecule has 2 rings (SSSR count). The maximum absolute atomic E-state index is 12.5. The Bertz CT molecular complexity index is 526. The Labute approximate surface area is 117 Å². The summed E-state index contributed by atoms with van der Waals surface area (Å²) >= 11 is 0. The molecule has 0 fully saturated rings. The van der Waals surface area contributed by atoms with Crippen molar-refractivity contribution in [2.45, 2.75) is 59.3 Å². The van der Waals surface area contributed by atoms with Gasteiger partial charge in [-0.05, 0) is 36.3 Å². The highest BCUT2D eigenvalue weighted by molar-refractivity contribution is 5.91. The van der Waals surface area contributed by atoms with Crippen LogP contribution in [-0.2, 0) is 15.6 Å². The van der Waals surface area contributed by atoms with Crippen LogP contribution in [0.3, 0.4) is 0 Å². The number of rotatable bonds is 2. The molecule has 0 saturated carbocycles. The van der Waals surface area contributed by atoms with E-state index in [1.807, 2.05) is 0 Å². The van der Waals surface area contributed by atoms with Crippen LogP contribution in [0.25, 0.3) is 0 Å². The molecule has 2 atom stereocenters. The molecule has 0 saturated heterocycles. The van der Waals surface area contributed by atoms with Gasteiger partial charge in [-0.15, -0.1) is 0 Å². The second-order valence-corrected chi connectivity index (χ2v) is 7.21. The largest absolute Gasteiger partial charge is 0.299 e. The maximum atomic E-state index is 12.5. The van der Waals surface area contributed by atoms with Gasteiger partial charge in [0, 0.05) is 5.41 Å². The topological polar surface area (TPSA) is 17.1 Å². The van der Waals surface area contributed by atoms with E-state index in [-0.39, 0.29) is 16.6 Å². The molecule has 104 valence electrons. The minimum Gasteiger partial charge on any atom is -0.299 e. The lowest BCUT2D eigenvalue weighted by Gasteiger charge is -2.49. The zero-order valence-electron chi connectivity index (χ0n) is 13.3. The molecule has 1 aromatic rings. The van der Waals surface area contributed by atoms with Crippen LogP contribution in [0.15, 0.2) is 24.3 Å². The summed E-state index contributed by atoms with van der Waals surface area (Å²) in [6, 6.07) is 8.51. The van der Waals surface area contributed by atoms with Crippen molar-refractivity contribution in [3.05, 3.63) is 35.4 Å². The number of ketones is 1. The molecule has 1 aliphatic carbocycles. The molecule has 1 heteroatoms. The quantitative estimate of drug-likeness (QED) is 0.764. The average Bonchev–Trinajstić information content (AvgIpc) is 2.48. The van der Waals surface area contributed by atoms with Gasteiger partial charge in [-0.1, -0.05) is 58.9 Å². The number of hydrogen-bond acceptors (Lipinski definition) is 1. The van der Waals surface area contributed by atoms with Crippen molar-refractivity contribution in [1.29, 1.82) is 0 Å². The van der Waals surface area contributed by atoms with E-state index in [2.05, 4.69) is 65.8 Å². The van der Waals surface area contributed by atoms with Gasteiger partial charge in [-0.3, -0.25) is 4.79 Å². The lowest BCUT2D eigenvalue weighted by atomic mass is 9.53. The first kappa shape index (κ1) is 14.3. The van der Waals surface area contributed by atoms with Crippen LogP contribution in [0.2, 0.25) is 0 Å². The summed E-state index contributed by atoms with van der Waals surface area (Å²) in [5, 5.41) is 0. The van der Waals surface area contributed by atoms with E-state index >= 15 is 0 Å². The minimum absolute atomic E-state index is 0.0179. The smallest absolute Gasteiger partial charge is 0.140 e. The van der Waals surface area contributed by atoms with Crippen LogP contribution < -0.4 is 0 Å². The van der Waals surface area contributed by atoms with Gasteiger partial charge in [0.05, 0.1) is 5.41 Å². The van der Waals surface area contributed by atoms with Crippen molar-refractivity contribution < 1.29 is 4.79 Å². The van der Waals surface area contributed by atoms with Crippen LogP contribution in [0, 0.1) is 11.3 Å². The third-order valence-electron chi connectivity index (χ3n) is 6.43. The van der Waals surface area contributed by atoms with Crippen LogP contribution in [-0.4, -0.2) is 5.78 Å². The van der Waals surface area contributed by atoms with Gasteiger partial charge in [0.1, 0.15) is 5.78 Å². The third-order valence-corrected chi connectivity index (χ3v) is 6.43. The Hall–Kier alpha value is -1.11. The molecule has 0 aromatic heterocycles. The van der Waals surface area contributed by atoms with Crippen molar-refractivity contribution in [2.24, 2.45) is 11.3 Å². The van der Waals surface area contributed by atoms with Gasteiger partial charge >= 0.3 is 0 Å². The van der Waals surface area contributed by atoms with E-state index in [0.717, 1.165) is 0 Å². The second kappa shape index (κ2) is 3.94. The van der Waals surface area contributed by atoms with Crippen molar-refractivity contribution in [1.82, 2.24) is 0 Å². The van der Waals surface area contributed by atoms with Gasteiger partial charge in [0.25, 0.3) is 0 Å². The first-order valence-electron chi connectivity index (χ1n) is 7.22. The third kappa shape index (κ3) is 1.39. The maximum Gasteiger partial charge on any atom is 0.140 e. The Morgan fingerprint density at radius 3 is 1.89 bits per heavy atom. The molecule has 0 aliphatic heterocycles. The molecule has 1 aromatic carbocycles. The molecule has 0 amide bonds. The Morgan fingerprint density at radius 2 is 1.47 bits per heavy atom. The highest BCUT2D eigenvalue weighted by Gasteiger charge is 2.63. The highest BCUT2D eigenvalue weighted by Crippen LogP contribution is 2.64. The van der Waals surface area contributed by atoms with E-state index in [1.54, 1.807) is 6.92 Å². The van der Waals surface area contributed by atoms with E-state index in [0.29, 0.717) is 5.92 Å². The number of Topliss-reactive ketones (excluding diaryl/α,β-unsaturated/α-hetero) is 1. The fourth-order valence-corrected chi connectivity index (χ4v) is 4.23. The molecule has 0 N–H and O–H groups in total. The monoisotopic (exact) mass is 258 g/mol. The molecule has 19 heavy (non-hydrogen) atoms. The summed E-state index contributed by atoms with van der Waals surface area (Å²) in [6.07, 6.45) is 0. The van der Waals surface area contributed by atoms with Crippen molar-refractivity contribution in [2.75, 3.05) is 0 Å². The molecular formula is C18H26O. The van der Waals surface area contributed by atoms with Gasteiger partial charge in [0.15, 0.2) is 0 Å². The van der Waals surface area contributed by atoms with Crippen LogP contribution in [0.1, 0.15) is 59.6 Å². The summed E-state index contributed by atoms with van der Waals surface area (Å²) < 4.78 is 0. The van der Waals surface area contributed by atoms with Crippen molar-refractivity contribution in [3.63, 3.8) is 0 Å². The predicted molar refractivity (Wildman–Crippen MR) is 80.4 cm³/mol. The first-order valence-corrected chi connectivity index (χ1v) is 7.22. The second-order valence-electron chi connectivity index (χ2n) is 7.21. The Morgan fingerprint density at radius 1 is 1.00 bits per heavy atom. The van der Waals surface area contributed by atoms with Crippen LogP contribution in [0.5, 0.6) is 0 Å². The van der Waals surface area contributed by atoms with E-state index in [1.165, 1.54) is 11.1 Å². The fourth-order valence-electron chi connectivity index (χ4n) is 4.23. The van der Waals surface area contributed by atoms with Crippen molar-refractivity contribution in [3.8, 4) is 0 Å². The number of fused-ring (bicyclic) bond motifs is 1. The molecule has 1 nitrogen and oxygen atoms in total. The van der Waals surface area contributed by atoms with Crippen LogP contribution in [0.4, 0.5) is 0 Å². The average molecular weight is 258 g/mol. The summed E-state index contributed by atoms with van der Waals surface area (Å²) in [7, 11) is 0. The Kier molecular flexibility index (Phi) is 2.97. The number of carbonyl (C=O) groups excluding carboxylic acids is 1. The first-order chi connectivity index (χ1) is 8.61. The van der Waals surface area contributed by atoms with Gasteiger partial charge in [-0.25, -0.2) is 0 Å². The molecule has 1 aliphatic rings. The van der Waals surface area contributed by atoms with Gasteiger partial charge in [0.2, 0.25) is 0 Å². The van der Waals surface area contributed by atoms with Gasteiger partial charge < -0.3 is 0 Å². The fraction of sp³-hybridized carbons (Fsp3) is 0.611. The van der Waals surface area contributed by atoms with E-state index in [4.69, 9.17) is 0 Å². The summed E-state index contributed by atoms with van der Waals surface area (Å²) in [4.78, 5) is 12.5. The van der Waals surface area contributed by atoms with E-state index < -0.39 is 5.41 Å². The molecule has 0 bridgehead atoms. The molecule has 0 radical (unpaired) electrons. The van der Waals surface area contributed by atoms with Gasteiger partial charge in [-0.2, -0.15) is 0 Å². The lowest BCUT2D eigenvalue weighted by molar-refractivity contribution is -0.127. The molecule has 0 heterocycles. The minimum atomic E-state index is -0.400. The summed E-state index contributed by atoms with van der Waals surface area (Å²) in [6.45, 7) is 15.2. The number of hydrogen-bond donors (Lipinski definition) is 0. The van der Waals surface area contributed by atoms with Crippen molar-refractivity contribution >= 4 is 5.78 Å². The summed E-state index contributed by atoms with van der Waals surface area (Å²) in [5.41, 5.74) is 2.10.